The number of nitrogens with zero attached hydrogens (tertiary/aromatic N) is 1. The number of aliphatic hydroxyl groups is 1. The summed E-state index contributed by atoms with van der Waals surface area (Å²) in [6.45, 7) is 6.85. The van der Waals surface area contributed by atoms with Gasteiger partial charge in [-0.25, -0.2) is 0 Å². The van der Waals surface area contributed by atoms with Crippen molar-refractivity contribution in [1.82, 2.24) is 4.90 Å². The predicted molar refractivity (Wildman–Crippen MR) is 73.6 cm³/mol. The van der Waals surface area contributed by atoms with Gasteiger partial charge in [-0.05, 0) is 31.6 Å². The average molecular weight is 247 g/mol. The molecule has 0 aliphatic rings. The maximum Gasteiger partial charge on any atom is 0.135 e. The molecule has 3 heteroatoms. The predicted octanol–water partition coefficient (Wildman–Crippen LogP) is 3.20. The number of likely N-dealkylation sites (N-methyl/N-ethyl adjacent to an activating group) is 1. The zero-order chi connectivity index (χ0) is 13.0. The van der Waals surface area contributed by atoms with Crippen LogP contribution in [0.5, 0.6) is 0 Å². The molecule has 0 aliphatic carbocycles. The van der Waals surface area contributed by atoms with Crippen molar-refractivity contribution in [2.24, 2.45) is 0 Å². The Morgan fingerprint density at radius 3 is 2.72 bits per heavy atom. The average Bonchev–Trinajstić information content (AvgIpc) is 2.82. The summed E-state index contributed by atoms with van der Waals surface area (Å²) in [5.74, 6) is 0.658. The summed E-state index contributed by atoms with van der Waals surface area (Å²) in [4.78, 5) is 2.23. The third kappa shape index (κ3) is 2.92. The van der Waals surface area contributed by atoms with E-state index in [1.165, 1.54) is 0 Å². The van der Waals surface area contributed by atoms with Gasteiger partial charge in [-0.2, -0.15) is 0 Å². The summed E-state index contributed by atoms with van der Waals surface area (Å²) in [7, 11) is 0. The Balaban J connectivity index is 2.10. The molecule has 0 bridgehead atoms. The van der Waals surface area contributed by atoms with Crippen LogP contribution in [0.1, 0.15) is 32.1 Å². The lowest BCUT2D eigenvalue weighted by Gasteiger charge is -2.21. The molecule has 0 aliphatic heterocycles. The van der Waals surface area contributed by atoms with Crippen LogP contribution in [0.2, 0.25) is 0 Å². The topological polar surface area (TPSA) is 36.6 Å². The molecule has 1 aromatic heterocycles. The van der Waals surface area contributed by atoms with Gasteiger partial charge >= 0.3 is 0 Å². The summed E-state index contributed by atoms with van der Waals surface area (Å²) in [6, 6.07) is 9.77. The Bertz CT molecular complexity index is 459. The van der Waals surface area contributed by atoms with Crippen LogP contribution in [0.4, 0.5) is 0 Å². The molecule has 0 radical (unpaired) electrons. The quantitative estimate of drug-likeness (QED) is 0.851. The van der Waals surface area contributed by atoms with Crippen LogP contribution in [-0.2, 0) is 0 Å². The minimum absolute atomic E-state index is 0.552. The van der Waals surface area contributed by atoms with Gasteiger partial charge in [0.05, 0.1) is 0 Å². The fraction of sp³-hybridized carbons (Fsp3) is 0.467. The SMILES string of the molecule is CCCN(CC)CC(O)c1cc2ccccc2o1. The largest absolute Gasteiger partial charge is 0.458 e. The first-order valence-electron chi connectivity index (χ1n) is 6.63. The molecule has 1 aromatic carbocycles. The highest BCUT2D eigenvalue weighted by atomic mass is 16.4. The Morgan fingerprint density at radius 1 is 1.28 bits per heavy atom. The van der Waals surface area contributed by atoms with Crippen molar-refractivity contribution in [3.8, 4) is 0 Å². The van der Waals surface area contributed by atoms with Crippen LogP contribution in [0.25, 0.3) is 11.0 Å². The second-order valence-corrected chi connectivity index (χ2v) is 4.60. The van der Waals surface area contributed by atoms with Crippen molar-refractivity contribution < 1.29 is 9.52 Å². The van der Waals surface area contributed by atoms with Crippen molar-refractivity contribution in [1.29, 1.82) is 0 Å². The summed E-state index contributed by atoms with van der Waals surface area (Å²) < 4.78 is 5.68. The number of aliphatic hydroxyl groups excluding tert-OH is 1. The monoisotopic (exact) mass is 247 g/mol. The highest BCUT2D eigenvalue weighted by Gasteiger charge is 2.16. The first kappa shape index (κ1) is 13.1. The Labute approximate surface area is 108 Å². The molecule has 0 saturated heterocycles. The zero-order valence-corrected chi connectivity index (χ0v) is 11.1. The molecule has 1 N–H and O–H groups in total. The lowest BCUT2D eigenvalue weighted by molar-refractivity contribution is 0.0984. The van der Waals surface area contributed by atoms with Crippen LogP contribution < -0.4 is 0 Å². The molecular weight excluding hydrogens is 226 g/mol. The van der Waals surface area contributed by atoms with Gasteiger partial charge in [0.15, 0.2) is 0 Å². The molecule has 0 spiro atoms. The number of para-hydroxylation sites is 1. The smallest absolute Gasteiger partial charge is 0.135 e. The molecule has 2 aromatic rings. The van der Waals surface area contributed by atoms with Gasteiger partial charge in [0.2, 0.25) is 0 Å². The summed E-state index contributed by atoms with van der Waals surface area (Å²) in [5.41, 5.74) is 0.838. The molecule has 1 atom stereocenters. The third-order valence-corrected chi connectivity index (χ3v) is 3.19. The summed E-state index contributed by atoms with van der Waals surface area (Å²) in [5, 5.41) is 11.3. The van der Waals surface area contributed by atoms with Crippen molar-refractivity contribution in [2.45, 2.75) is 26.4 Å². The van der Waals surface area contributed by atoms with E-state index in [4.69, 9.17) is 4.42 Å². The number of furan rings is 1. The van der Waals surface area contributed by atoms with Gasteiger partial charge < -0.3 is 14.4 Å². The highest BCUT2D eigenvalue weighted by Crippen LogP contribution is 2.24. The number of hydrogen-bond acceptors (Lipinski definition) is 3. The molecule has 3 nitrogen and oxygen atoms in total. The van der Waals surface area contributed by atoms with Crippen LogP contribution in [-0.4, -0.2) is 29.6 Å². The van der Waals surface area contributed by atoms with Crippen molar-refractivity contribution >= 4 is 11.0 Å². The van der Waals surface area contributed by atoms with Gasteiger partial charge in [0.1, 0.15) is 17.4 Å². The molecule has 0 fully saturated rings. The molecular formula is C15H21NO2. The molecule has 0 amide bonds. The second-order valence-electron chi connectivity index (χ2n) is 4.60. The van der Waals surface area contributed by atoms with Gasteiger partial charge in [-0.15, -0.1) is 0 Å². The van der Waals surface area contributed by atoms with Gasteiger partial charge in [0.25, 0.3) is 0 Å². The van der Waals surface area contributed by atoms with Crippen molar-refractivity contribution in [3.05, 3.63) is 36.1 Å². The lowest BCUT2D eigenvalue weighted by atomic mass is 10.2. The molecule has 1 unspecified atom stereocenters. The maximum absolute atomic E-state index is 10.2. The molecule has 1 heterocycles. The van der Waals surface area contributed by atoms with E-state index in [1.54, 1.807) is 0 Å². The first-order valence-corrected chi connectivity index (χ1v) is 6.63. The Kier molecular flexibility index (Phi) is 4.39. The van der Waals surface area contributed by atoms with E-state index in [1.807, 2.05) is 30.3 Å². The van der Waals surface area contributed by atoms with Crippen molar-refractivity contribution in [2.75, 3.05) is 19.6 Å². The van der Waals surface area contributed by atoms with E-state index < -0.39 is 6.10 Å². The fourth-order valence-corrected chi connectivity index (χ4v) is 2.20. The van der Waals surface area contributed by atoms with E-state index in [2.05, 4.69) is 18.7 Å². The zero-order valence-electron chi connectivity index (χ0n) is 11.1. The van der Waals surface area contributed by atoms with Crippen LogP contribution in [0.15, 0.2) is 34.7 Å². The molecule has 0 saturated carbocycles. The third-order valence-electron chi connectivity index (χ3n) is 3.19. The fourth-order valence-electron chi connectivity index (χ4n) is 2.20. The molecule has 98 valence electrons. The lowest BCUT2D eigenvalue weighted by Crippen LogP contribution is -2.29. The standard InChI is InChI=1S/C15H21NO2/c1-3-9-16(4-2)11-13(17)15-10-12-7-5-6-8-14(12)18-15/h5-8,10,13,17H,3-4,9,11H2,1-2H3. The van der Waals surface area contributed by atoms with Crippen LogP contribution in [0, 0.1) is 0 Å². The molecule has 2 rings (SSSR count). The van der Waals surface area contributed by atoms with Gasteiger partial charge in [-0.3, -0.25) is 0 Å². The Hall–Kier alpha value is -1.32. The number of rotatable bonds is 6. The van der Waals surface area contributed by atoms with E-state index in [0.717, 1.165) is 30.5 Å². The number of fused-ring (bicyclic) bond motifs is 1. The van der Waals surface area contributed by atoms with E-state index in [9.17, 15) is 5.11 Å². The van der Waals surface area contributed by atoms with Gasteiger partial charge in [-0.1, -0.05) is 32.0 Å². The highest BCUT2D eigenvalue weighted by molar-refractivity contribution is 5.77. The molecule has 18 heavy (non-hydrogen) atoms. The normalized spacial score (nSPS) is 13.3. The van der Waals surface area contributed by atoms with Crippen LogP contribution >= 0.6 is 0 Å². The summed E-state index contributed by atoms with van der Waals surface area (Å²) >= 11 is 0. The minimum atomic E-state index is -0.552. The van der Waals surface area contributed by atoms with Gasteiger partial charge in [0, 0.05) is 11.9 Å². The first-order chi connectivity index (χ1) is 8.74. The number of benzene rings is 1. The van der Waals surface area contributed by atoms with Crippen LogP contribution in [0.3, 0.4) is 0 Å². The Morgan fingerprint density at radius 2 is 2.06 bits per heavy atom. The van der Waals surface area contributed by atoms with E-state index in [0.29, 0.717) is 12.3 Å². The minimum Gasteiger partial charge on any atom is -0.458 e. The second kappa shape index (κ2) is 6.03. The maximum atomic E-state index is 10.2. The van der Waals surface area contributed by atoms with E-state index >= 15 is 0 Å². The van der Waals surface area contributed by atoms with E-state index in [-0.39, 0.29) is 0 Å². The number of hydrogen-bond donors (Lipinski definition) is 1. The summed E-state index contributed by atoms with van der Waals surface area (Å²) in [6.07, 6.45) is 0.546. The van der Waals surface area contributed by atoms with Crippen molar-refractivity contribution in [3.63, 3.8) is 0 Å².